The van der Waals surface area contributed by atoms with Gasteiger partial charge >= 0.3 is 5.97 Å². The molecule has 0 aliphatic heterocycles. The van der Waals surface area contributed by atoms with Crippen molar-refractivity contribution in [3.8, 4) is 34.0 Å². The third kappa shape index (κ3) is 7.41. The molecule has 0 fully saturated rings. The summed E-state index contributed by atoms with van der Waals surface area (Å²) in [7, 11) is 0. The lowest BCUT2D eigenvalue weighted by Gasteiger charge is -2.13. The van der Waals surface area contributed by atoms with Crippen molar-refractivity contribution in [3.63, 3.8) is 0 Å². The van der Waals surface area contributed by atoms with E-state index in [0.29, 0.717) is 30.0 Å². The summed E-state index contributed by atoms with van der Waals surface area (Å²) in [4.78, 5) is 21.4. The predicted molar refractivity (Wildman–Crippen MR) is 157 cm³/mol. The molecule has 0 amide bonds. The van der Waals surface area contributed by atoms with Gasteiger partial charge in [0.15, 0.2) is 17.4 Å². The normalized spacial score (nSPS) is 10.8. The Morgan fingerprint density at radius 2 is 1.57 bits per heavy atom. The number of unbranched alkanes of at least 4 members (excludes halogenated alkanes) is 2. The van der Waals surface area contributed by atoms with Gasteiger partial charge in [0.1, 0.15) is 5.75 Å². The van der Waals surface area contributed by atoms with Gasteiger partial charge in [0.25, 0.3) is 0 Å². The van der Waals surface area contributed by atoms with Crippen LogP contribution in [0.25, 0.3) is 22.5 Å². The third-order valence-electron chi connectivity index (χ3n) is 6.52. The van der Waals surface area contributed by atoms with Gasteiger partial charge in [-0.2, -0.15) is 0 Å². The van der Waals surface area contributed by atoms with E-state index in [2.05, 4.69) is 36.5 Å². The zero-order chi connectivity index (χ0) is 28.3. The summed E-state index contributed by atoms with van der Waals surface area (Å²) in [5.74, 6) is -0.159. The van der Waals surface area contributed by atoms with Gasteiger partial charge in [0, 0.05) is 18.0 Å². The number of aromatic nitrogens is 2. The van der Waals surface area contributed by atoms with Crippen molar-refractivity contribution in [1.29, 1.82) is 0 Å². The Morgan fingerprint density at radius 1 is 0.875 bits per heavy atom. The number of rotatable bonds is 13. The van der Waals surface area contributed by atoms with Gasteiger partial charge in [-0.1, -0.05) is 57.4 Å². The highest BCUT2D eigenvalue weighted by molar-refractivity contribution is 5.91. The fraction of sp³-hybridized carbons (Fsp3) is 0.265. The van der Waals surface area contributed by atoms with Gasteiger partial charge in [-0.25, -0.2) is 19.2 Å². The van der Waals surface area contributed by atoms with Crippen LogP contribution >= 0.6 is 0 Å². The minimum Gasteiger partial charge on any atom is -0.493 e. The second-order valence-corrected chi connectivity index (χ2v) is 9.65. The van der Waals surface area contributed by atoms with Crippen LogP contribution in [0.3, 0.4) is 0 Å². The number of halogens is 1. The van der Waals surface area contributed by atoms with Crippen molar-refractivity contribution in [2.24, 2.45) is 0 Å². The number of benzene rings is 3. The first-order chi connectivity index (χ1) is 19.5. The molecule has 0 aliphatic carbocycles. The average Bonchev–Trinajstić information content (AvgIpc) is 2.98. The van der Waals surface area contributed by atoms with E-state index in [9.17, 15) is 9.18 Å². The maximum atomic E-state index is 14.8. The number of carbonyl (C=O) groups excluding carboxylic acids is 1. The summed E-state index contributed by atoms with van der Waals surface area (Å²) in [6.07, 6.45) is 11.3. The molecule has 0 spiro atoms. The van der Waals surface area contributed by atoms with E-state index in [1.807, 2.05) is 30.3 Å². The number of hydrogen-bond donors (Lipinski definition) is 0. The van der Waals surface area contributed by atoms with Crippen molar-refractivity contribution in [2.45, 2.75) is 52.4 Å². The summed E-state index contributed by atoms with van der Waals surface area (Å²) in [5, 5.41) is 0. The van der Waals surface area contributed by atoms with Crippen LogP contribution in [0.2, 0.25) is 0 Å². The van der Waals surface area contributed by atoms with Crippen molar-refractivity contribution >= 4 is 5.97 Å². The molecule has 40 heavy (non-hydrogen) atoms. The molecule has 0 saturated carbocycles. The summed E-state index contributed by atoms with van der Waals surface area (Å²) in [6, 6.07) is 17.5. The number of esters is 1. The molecule has 206 valence electrons. The first-order valence-electron chi connectivity index (χ1n) is 13.8. The van der Waals surface area contributed by atoms with Gasteiger partial charge in [0.05, 0.1) is 12.2 Å². The van der Waals surface area contributed by atoms with E-state index in [4.69, 9.17) is 9.47 Å². The Morgan fingerprint density at radius 3 is 2.25 bits per heavy atom. The van der Waals surface area contributed by atoms with Crippen molar-refractivity contribution in [2.75, 3.05) is 6.61 Å². The van der Waals surface area contributed by atoms with Crippen LogP contribution in [0.15, 0.2) is 85.7 Å². The van der Waals surface area contributed by atoms with Crippen LogP contribution in [0.1, 0.15) is 61.0 Å². The number of hydrogen-bond acceptors (Lipinski definition) is 5. The second kappa shape index (κ2) is 14.2. The number of ether oxygens (including phenoxy) is 2. The largest absolute Gasteiger partial charge is 0.493 e. The quantitative estimate of drug-likeness (QED) is 0.0740. The molecule has 3 aromatic carbocycles. The first-order valence-corrected chi connectivity index (χ1v) is 13.8. The molecule has 0 bridgehead atoms. The van der Waals surface area contributed by atoms with E-state index < -0.39 is 11.8 Å². The van der Waals surface area contributed by atoms with E-state index in [1.165, 1.54) is 12.1 Å². The molecule has 1 aromatic heterocycles. The average molecular weight is 539 g/mol. The molecule has 0 N–H and O–H groups in total. The Kier molecular flexibility index (Phi) is 10.2. The molecule has 0 aliphatic rings. The van der Waals surface area contributed by atoms with Crippen LogP contribution in [0.4, 0.5) is 4.39 Å². The van der Waals surface area contributed by atoms with E-state index >= 15 is 0 Å². The molecule has 4 rings (SSSR count). The predicted octanol–water partition coefficient (Wildman–Crippen LogP) is 8.42. The van der Waals surface area contributed by atoms with Crippen molar-refractivity contribution in [1.82, 2.24) is 9.97 Å². The Labute approximate surface area is 235 Å². The van der Waals surface area contributed by atoms with E-state index in [0.717, 1.165) is 60.1 Å². The van der Waals surface area contributed by atoms with Gasteiger partial charge in [-0.3, -0.25) is 0 Å². The second-order valence-electron chi connectivity index (χ2n) is 9.65. The van der Waals surface area contributed by atoms with Gasteiger partial charge < -0.3 is 9.47 Å². The molecule has 4 aromatic rings. The van der Waals surface area contributed by atoms with Gasteiger partial charge in [-0.15, -0.1) is 6.58 Å². The highest BCUT2D eigenvalue weighted by Crippen LogP contribution is 2.29. The lowest BCUT2D eigenvalue weighted by atomic mass is 10.00. The maximum absolute atomic E-state index is 14.8. The number of nitrogens with zero attached hydrogens (tertiary/aromatic N) is 2. The summed E-state index contributed by atoms with van der Waals surface area (Å²) >= 11 is 0. The minimum absolute atomic E-state index is 0.149. The summed E-state index contributed by atoms with van der Waals surface area (Å²) in [6.45, 7) is 8.82. The topological polar surface area (TPSA) is 61.3 Å². The number of aryl methyl sites for hydroxylation is 1. The maximum Gasteiger partial charge on any atom is 0.343 e. The Hall–Kier alpha value is -4.32. The number of carbonyl (C=O) groups is 1. The van der Waals surface area contributed by atoms with E-state index in [1.54, 1.807) is 30.6 Å². The minimum atomic E-state index is -0.657. The third-order valence-corrected chi connectivity index (χ3v) is 6.52. The van der Waals surface area contributed by atoms with Crippen LogP contribution in [-0.2, 0) is 12.8 Å². The summed E-state index contributed by atoms with van der Waals surface area (Å²) in [5.41, 5.74) is 4.88. The Balaban J connectivity index is 1.43. The van der Waals surface area contributed by atoms with Gasteiger partial charge in [0.2, 0.25) is 0 Å². The number of allylic oxidation sites excluding steroid dienone is 1. The smallest absolute Gasteiger partial charge is 0.343 e. The van der Waals surface area contributed by atoms with Crippen molar-refractivity contribution in [3.05, 3.63) is 108 Å². The van der Waals surface area contributed by atoms with Crippen LogP contribution < -0.4 is 9.47 Å². The molecule has 0 radical (unpaired) electrons. The molecule has 0 saturated heterocycles. The SMILES string of the molecule is C=CCc1cc(-c2ccc(C(=O)Oc3ccc(-c4ncc(CCC)cn4)cc3F)cc2)ccc1OCCCCC. The zero-order valence-corrected chi connectivity index (χ0v) is 23.2. The molecular formula is C34H35FN2O3. The molecular weight excluding hydrogens is 503 g/mol. The monoisotopic (exact) mass is 538 g/mol. The fourth-order valence-electron chi connectivity index (χ4n) is 4.35. The standard InChI is InChI=1S/C34H35FN2O3/c1-4-7-8-19-39-31-17-15-27(20-28(31)10-6-3)25-11-13-26(14-12-25)34(38)40-32-18-16-29(21-30(32)35)33-36-22-24(9-5-2)23-37-33/h6,11-18,20-23H,3-5,7-10,19H2,1-2H3. The lowest BCUT2D eigenvalue weighted by Crippen LogP contribution is -2.09. The fourth-order valence-corrected chi connectivity index (χ4v) is 4.35. The van der Waals surface area contributed by atoms with Crippen LogP contribution in [0, 0.1) is 5.82 Å². The van der Waals surface area contributed by atoms with Crippen LogP contribution in [-0.4, -0.2) is 22.5 Å². The van der Waals surface area contributed by atoms with Gasteiger partial charge in [-0.05, 0) is 84.0 Å². The highest BCUT2D eigenvalue weighted by Gasteiger charge is 2.15. The highest BCUT2D eigenvalue weighted by atomic mass is 19.1. The lowest BCUT2D eigenvalue weighted by molar-refractivity contribution is 0.0728. The van der Waals surface area contributed by atoms with Crippen LogP contribution in [0.5, 0.6) is 11.5 Å². The Bertz CT molecular complexity index is 1430. The molecule has 6 heteroatoms. The zero-order valence-electron chi connectivity index (χ0n) is 23.2. The van der Waals surface area contributed by atoms with Crippen molar-refractivity contribution < 1.29 is 18.7 Å². The molecule has 0 atom stereocenters. The van der Waals surface area contributed by atoms with E-state index in [-0.39, 0.29) is 5.75 Å². The molecule has 1 heterocycles. The molecule has 0 unspecified atom stereocenters. The molecule has 5 nitrogen and oxygen atoms in total. The first kappa shape index (κ1) is 28.7. The summed E-state index contributed by atoms with van der Waals surface area (Å²) < 4.78 is 26.2.